The molecule has 0 aromatic carbocycles. The third kappa shape index (κ3) is 4.30. The van der Waals surface area contributed by atoms with E-state index in [0.717, 1.165) is 55.0 Å². The Bertz CT molecular complexity index is 1010. The van der Waals surface area contributed by atoms with E-state index in [0.29, 0.717) is 18.8 Å². The molecule has 0 bridgehead atoms. The van der Waals surface area contributed by atoms with E-state index in [-0.39, 0.29) is 24.5 Å². The Balaban J connectivity index is 1.41. The summed E-state index contributed by atoms with van der Waals surface area (Å²) >= 11 is 1.51. The maximum absolute atomic E-state index is 13.2. The Morgan fingerprint density at radius 3 is 2.81 bits per heavy atom. The second-order valence-corrected chi connectivity index (χ2v) is 8.92. The maximum atomic E-state index is 13.2. The number of carbonyl (C=O) groups excluding carboxylic acids is 2. The van der Waals surface area contributed by atoms with Gasteiger partial charge in [-0.3, -0.25) is 14.4 Å². The number of fused-ring (bicyclic) bond motifs is 1. The standard InChI is InChI=1S/C22H27N5O3S/c1-4-13-30-22(29)27-11-9-15(10-12-27)19-23-18(14-31-19)21(28)25(2)20-16-7-5-6-8-17(16)24-26(20)3/h1,14-15H,5-13H2,2-3H3. The van der Waals surface area contributed by atoms with Gasteiger partial charge in [-0.05, 0) is 38.5 Å². The molecule has 2 aliphatic rings. The molecule has 8 nitrogen and oxygen atoms in total. The average molecular weight is 442 g/mol. The summed E-state index contributed by atoms with van der Waals surface area (Å²) in [7, 11) is 3.69. The van der Waals surface area contributed by atoms with Crippen LogP contribution in [0.3, 0.4) is 0 Å². The molecular formula is C22H27N5O3S. The van der Waals surface area contributed by atoms with Crippen LogP contribution in [0.5, 0.6) is 0 Å². The molecule has 4 rings (SSSR count). The van der Waals surface area contributed by atoms with Crippen molar-refractivity contribution in [2.24, 2.45) is 7.05 Å². The van der Waals surface area contributed by atoms with E-state index >= 15 is 0 Å². The number of nitrogens with zero attached hydrogens (tertiary/aromatic N) is 5. The van der Waals surface area contributed by atoms with Gasteiger partial charge < -0.3 is 9.64 Å². The number of aryl methyl sites for hydroxylation is 2. The Hall–Kier alpha value is -2.86. The molecule has 1 fully saturated rings. The van der Waals surface area contributed by atoms with Crippen molar-refractivity contribution in [1.29, 1.82) is 0 Å². The van der Waals surface area contributed by atoms with E-state index < -0.39 is 0 Å². The first-order valence-corrected chi connectivity index (χ1v) is 11.5. The van der Waals surface area contributed by atoms with Crippen molar-refractivity contribution < 1.29 is 14.3 Å². The zero-order chi connectivity index (χ0) is 22.0. The molecule has 164 valence electrons. The topological polar surface area (TPSA) is 80.6 Å². The molecule has 1 aliphatic heterocycles. The maximum Gasteiger partial charge on any atom is 0.410 e. The minimum absolute atomic E-state index is 0.00982. The number of thiazole rings is 1. The van der Waals surface area contributed by atoms with Crippen LogP contribution in [-0.2, 0) is 24.6 Å². The minimum atomic E-state index is -0.368. The number of anilines is 1. The molecule has 2 aromatic heterocycles. The van der Waals surface area contributed by atoms with Gasteiger partial charge in [0.2, 0.25) is 0 Å². The lowest BCUT2D eigenvalue weighted by molar-refractivity contribution is 0.0987. The van der Waals surface area contributed by atoms with Crippen LogP contribution in [0.4, 0.5) is 10.6 Å². The summed E-state index contributed by atoms with van der Waals surface area (Å²) in [6, 6.07) is 0. The summed E-state index contributed by atoms with van der Waals surface area (Å²) in [6.45, 7) is 1.18. The number of piperidine rings is 1. The third-order valence-corrected chi connectivity index (χ3v) is 7.04. The molecular weight excluding hydrogens is 414 g/mol. The molecule has 1 saturated heterocycles. The molecule has 0 N–H and O–H groups in total. The van der Waals surface area contributed by atoms with Crippen LogP contribution in [-0.4, -0.2) is 58.4 Å². The molecule has 1 aliphatic carbocycles. The molecule has 0 spiro atoms. The Morgan fingerprint density at radius 2 is 2.06 bits per heavy atom. The molecule has 3 heterocycles. The van der Waals surface area contributed by atoms with Gasteiger partial charge in [0, 0.05) is 44.0 Å². The van der Waals surface area contributed by atoms with Crippen molar-refractivity contribution in [2.45, 2.75) is 44.4 Å². The van der Waals surface area contributed by atoms with Gasteiger partial charge in [0.05, 0.1) is 10.7 Å². The van der Waals surface area contributed by atoms with Gasteiger partial charge in [-0.1, -0.05) is 5.92 Å². The van der Waals surface area contributed by atoms with Crippen LogP contribution in [0, 0.1) is 12.3 Å². The zero-order valence-electron chi connectivity index (χ0n) is 18.0. The Morgan fingerprint density at radius 1 is 1.32 bits per heavy atom. The Labute approximate surface area is 186 Å². The van der Waals surface area contributed by atoms with Crippen LogP contribution in [0.2, 0.25) is 0 Å². The van der Waals surface area contributed by atoms with Gasteiger partial charge in [-0.2, -0.15) is 5.10 Å². The summed E-state index contributed by atoms with van der Waals surface area (Å²) in [4.78, 5) is 33.1. The van der Waals surface area contributed by atoms with Crippen molar-refractivity contribution in [3.05, 3.63) is 27.3 Å². The number of amides is 2. The largest absolute Gasteiger partial charge is 0.436 e. The van der Waals surface area contributed by atoms with Crippen molar-refractivity contribution >= 4 is 29.2 Å². The molecule has 0 radical (unpaired) electrons. The van der Waals surface area contributed by atoms with E-state index in [1.54, 1.807) is 16.8 Å². The molecule has 0 unspecified atom stereocenters. The SMILES string of the molecule is C#CCOC(=O)N1CCC(c2nc(C(=O)N(C)c3c4c(nn3C)CCCC4)cs2)CC1. The second kappa shape index (κ2) is 9.10. The lowest BCUT2D eigenvalue weighted by Crippen LogP contribution is -2.38. The van der Waals surface area contributed by atoms with Crippen LogP contribution in [0.25, 0.3) is 0 Å². The van der Waals surface area contributed by atoms with E-state index in [9.17, 15) is 9.59 Å². The molecule has 0 atom stereocenters. The first-order valence-electron chi connectivity index (χ1n) is 10.6. The normalized spacial score (nSPS) is 16.5. The van der Waals surface area contributed by atoms with Gasteiger partial charge in [-0.25, -0.2) is 9.78 Å². The predicted octanol–water partition coefficient (Wildman–Crippen LogP) is 2.98. The van der Waals surface area contributed by atoms with Crippen LogP contribution >= 0.6 is 11.3 Å². The second-order valence-electron chi connectivity index (χ2n) is 8.03. The van der Waals surface area contributed by atoms with Crippen LogP contribution < -0.4 is 4.90 Å². The van der Waals surface area contributed by atoms with Crippen molar-refractivity contribution in [3.63, 3.8) is 0 Å². The van der Waals surface area contributed by atoms with Gasteiger partial charge in [0.1, 0.15) is 11.5 Å². The zero-order valence-corrected chi connectivity index (χ0v) is 18.8. The first kappa shape index (κ1) is 21.4. The fourth-order valence-electron chi connectivity index (χ4n) is 4.43. The predicted molar refractivity (Wildman–Crippen MR) is 118 cm³/mol. The fourth-order valence-corrected chi connectivity index (χ4v) is 5.39. The van der Waals surface area contributed by atoms with E-state index in [4.69, 9.17) is 11.2 Å². The number of likely N-dealkylation sites (tertiary alicyclic amines) is 1. The average Bonchev–Trinajstić information content (AvgIpc) is 3.40. The van der Waals surface area contributed by atoms with Gasteiger partial charge >= 0.3 is 6.09 Å². The minimum Gasteiger partial charge on any atom is -0.436 e. The smallest absolute Gasteiger partial charge is 0.410 e. The lowest BCUT2D eigenvalue weighted by atomic mass is 9.97. The fraction of sp³-hybridized carbons (Fsp3) is 0.545. The highest BCUT2D eigenvalue weighted by Gasteiger charge is 2.29. The van der Waals surface area contributed by atoms with Crippen LogP contribution in [0.15, 0.2) is 5.38 Å². The number of rotatable bonds is 4. The van der Waals surface area contributed by atoms with Crippen LogP contribution in [0.1, 0.15) is 58.4 Å². The summed E-state index contributed by atoms with van der Waals surface area (Å²) in [5, 5.41) is 7.40. The van der Waals surface area contributed by atoms with Crippen molar-refractivity contribution in [2.75, 3.05) is 31.6 Å². The molecule has 9 heteroatoms. The number of hydrogen-bond donors (Lipinski definition) is 0. The quantitative estimate of drug-likeness (QED) is 0.682. The van der Waals surface area contributed by atoms with E-state index in [2.05, 4.69) is 16.0 Å². The van der Waals surface area contributed by atoms with E-state index in [1.807, 2.05) is 17.1 Å². The highest BCUT2D eigenvalue weighted by atomic mass is 32.1. The molecule has 0 saturated carbocycles. The van der Waals surface area contributed by atoms with Crippen molar-refractivity contribution in [1.82, 2.24) is 19.7 Å². The lowest BCUT2D eigenvalue weighted by Gasteiger charge is -2.30. The molecule has 31 heavy (non-hydrogen) atoms. The summed E-state index contributed by atoms with van der Waals surface area (Å²) in [6.07, 6.45) is 10.6. The molecule has 2 aromatic rings. The number of carbonyl (C=O) groups is 2. The Kier molecular flexibility index (Phi) is 6.28. The number of ether oxygens (including phenoxy) is 1. The van der Waals surface area contributed by atoms with Gasteiger partial charge in [-0.15, -0.1) is 17.8 Å². The summed E-state index contributed by atoms with van der Waals surface area (Å²) < 4.78 is 6.81. The highest BCUT2D eigenvalue weighted by Crippen LogP contribution is 2.33. The number of aromatic nitrogens is 3. The number of terminal acetylenes is 1. The van der Waals surface area contributed by atoms with Crippen molar-refractivity contribution in [3.8, 4) is 12.3 Å². The first-order chi connectivity index (χ1) is 15.0. The highest BCUT2D eigenvalue weighted by molar-refractivity contribution is 7.10. The summed E-state index contributed by atoms with van der Waals surface area (Å²) in [5.41, 5.74) is 2.75. The van der Waals surface area contributed by atoms with E-state index in [1.165, 1.54) is 16.9 Å². The monoisotopic (exact) mass is 441 g/mol. The third-order valence-electron chi connectivity index (χ3n) is 6.03. The van der Waals surface area contributed by atoms with Gasteiger partial charge in [0.15, 0.2) is 6.61 Å². The molecule has 2 amide bonds. The van der Waals surface area contributed by atoms with Gasteiger partial charge in [0.25, 0.3) is 5.91 Å². The number of hydrogen-bond acceptors (Lipinski definition) is 6. The summed E-state index contributed by atoms with van der Waals surface area (Å²) in [5.74, 6) is 3.29.